The van der Waals surface area contributed by atoms with Gasteiger partial charge in [-0.05, 0) is 38.5 Å². The Morgan fingerprint density at radius 1 is 0.474 bits per heavy atom. The topological polar surface area (TPSA) is 27.7 Å². The molecule has 0 atom stereocenters. The van der Waals surface area contributed by atoms with Crippen LogP contribution >= 0.6 is 28.3 Å². The van der Waals surface area contributed by atoms with Crippen molar-refractivity contribution in [3.8, 4) is 0 Å². The Morgan fingerprint density at radius 2 is 0.632 bits per heavy atom. The summed E-state index contributed by atoms with van der Waals surface area (Å²) in [6.07, 6.45) is 7.67. The summed E-state index contributed by atoms with van der Waals surface area (Å²) in [6.45, 7) is 6.00. The molecule has 0 aromatic heterocycles. The molecule has 117 valence electrons. The summed E-state index contributed by atoms with van der Waals surface area (Å²) in [4.78, 5) is 0. The average molecular weight is 419 g/mol. The maximum absolute atomic E-state index is 4.98. The monoisotopic (exact) mass is 419 g/mol. The Morgan fingerprint density at radius 3 is 0.684 bits per heavy atom. The zero-order valence-electron chi connectivity index (χ0n) is 11.3. The second-order valence-electron chi connectivity index (χ2n) is 4.13. The number of rotatable bonds is 0. The Bertz CT molecular complexity index is 115. The van der Waals surface area contributed by atoms with Crippen molar-refractivity contribution in [3.63, 3.8) is 0 Å². The van der Waals surface area contributed by atoms with E-state index >= 15 is 0 Å². The van der Waals surface area contributed by atoms with Gasteiger partial charge in [-0.2, -0.15) is 0 Å². The zero-order valence-corrected chi connectivity index (χ0v) is 15.5. The summed E-state index contributed by atoms with van der Waals surface area (Å²) >= 11 is -1.94. The third-order valence-electron chi connectivity index (χ3n) is 2.48. The summed E-state index contributed by atoms with van der Waals surface area (Å²) in [5.41, 5.74) is 0. The van der Waals surface area contributed by atoms with Crippen LogP contribution in [0.2, 0.25) is 0 Å². The van der Waals surface area contributed by atoms with E-state index in [1.165, 1.54) is 38.5 Å². The second-order valence-corrected chi connectivity index (χ2v) is 13.3. The summed E-state index contributed by atoms with van der Waals surface area (Å²) in [5.74, 6) is 0. The van der Waals surface area contributed by atoms with Gasteiger partial charge in [-0.15, -0.1) is 0 Å². The van der Waals surface area contributed by atoms with Crippen LogP contribution in [0.1, 0.15) is 38.5 Å². The fraction of sp³-hybridized carbons (Fsp3) is 1.00. The van der Waals surface area contributed by atoms with E-state index in [-0.39, 0.29) is 0 Å². The maximum atomic E-state index is 4.98. The van der Waals surface area contributed by atoms with Gasteiger partial charge in [-0.3, -0.25) is 0 Å². The molecule has 0 aromatic rings. The summed E-state index contributed by atoms with van der Waals surface area (Å²) < 4.78 is 14.8. The number of ether oxygens (including phenoxy) is 3. The standard InChI is InChI=1S/3C4H8O.3ClH.Mo/c3*1-2-4-5-3-1;;;;/h3*1-4H2;3*1H;/q;;;;;;+3/p-3. The van der Waals surface area contributed by atoms with Gasteiger partial charge < -0.3 is 14.2 Å². The third kappa shape index (κ3) is 21.9. The number of halogens is 3. The van der Waals surface area contributed by atoms with E-state index in [2.05, 4.69) is 0 Å². The fourth-order valence-electron chi connectivity index (χ4n) is 1.53. The quantitative estimate of drug-likeness (QED) is 0.544. The zero-order chi connectivity index (χ0) is 14.2. The van der Waals surface area contributed by atoms with Gasteiger partial charge in [0, 0.05) is 39.6 Å². The second kappa shape index (κ2) is 17.5. The molecular formula is C12H24Cl3MoO3. The number of hydrogen-bond donors (Lipinski definition) is 0. The molecule has 0 aromatic carbocycles. The van der Waals surface area contributed by atoms with Crippen LogP contribution in [0.15, 0.2) is 0 Å². The molecule has 3 nitrogen and oxygen atoms in total. The first-order valence-corrected chi connectivity index (χ1v) is 14.4. The van der Waals surface area contributed by atoms with Crippen LogP contribution in [0.5, 0.6) is 0 Å². The van der Waals surface area contributed by atoms with Crippen molar-refractivity contribution < 1.29 is 28.4 Å². The minimum absolute atomic E-state index is 1.00. The fourth-order valence-corrected chi connectivity index (χ4v) is 1.53. The number of hydrogen-bond acceptors (Lipinski definition) is 3. The van der Waals surface area contributed by atoms with Crippen LogP contribution in [0.25, 0.3) is 0 Å². The van der Waals surface area contributed by atoms with E-state index in [4.69, 9.17) is 42.5 Å². The van der Waals surface area contributed by atoms with Crippen molar-refractivity contribution in [2.45, 2.75) is 38.5 Å². The molecule has 7 heteroatoms. The molecular weight excluding hydrogens is 394 g/mol. The molecule has 0 aliphatic carbocycles. The summed E-state index contributed by atoms with van der Waals surface area (Å²) in [6, 6.07) is 0. The molecule has 3 fully saturated rings. The van der Waals surface area contributed by atoms with E-state index in [0.717, 1.165) is 39.6 Å². The van der Waals surface area contributed by atoms with E-state index in [1.54, 1.807) is 0 Å². The molecule has 0 amide bonds. The summed E-state index contributed by atoms with van der Waals surface area (Å²) in [7, 11) is 14.9. The molecule has 19 heavy (non-hydrogen) atoms. The van der Waals surface area contributed by atoms with Gasteiger partial charge in [0.15, 0.2) is 0 Å². The SMILES string of the molecule is C1CCOC1.C1CCOC1.C1CCOC1.[Cl][Mo]([Cl])[Cl]. The van der Waals surface area contributed by atoms with Crippen molar-refractivity contribution in [1.82, 2.24) is 0 Å². The Kier molecular flexibility index (Phi) is 18.8. The molecule has 0 N–H and O–H groups in total. The van der Waals surface area contributed by atoms with Crippen LogP contribution in [-0.4, -0.2) is 39.6 Å². The molecule has 3 saturated heterocycles. The van der Waals surface area contributed by atoms with E-state index in [9.17, 15) is 0 Å². The van der Waals surface area contributed by atoms with Gasteiger partial charge in [0.25, 0.3) is 0 Å². The van der Waals surface area contributed by atoms with Crippen molar-refractivity contribution >= 4 is 28.3 Å². The molecule has 3 heterocycles. The molecule has 0 bridgehead atoms. The summed E-state index contributed by atoms with van der Waals surface area (Å²) in [5, 5.41) is 0. The molecule has 0 spiro atoms. The van der Waals surface area contributed by atoms with Crippen LogP contribution in [0, 0.1) is 0 Å². The van der Waals surface area contributed by atoms with Crippen LogP contribution in [0.4, 0.5) is 0 Å². The third-order valence-corrected chi connectivity index (χ3v) is 2.48. The van der Waals surface area contributed by atoms with Crippen molar-refractivity contribution in [1.29, 1.82) is 0 Å². The van der Waals surface area contributed by atoms with Gasteiger partial charge in [0.2, 0.25) is 0 Å². The van der Waals surface area contributed by atoms with Crippen LogP contribution in [-0.2, 0) is 28.4 Å². The average Bonchev–Trinajstić information content (AvgIpc) is 3.18. The first-order valence-electron chi connectivity index (χ1n) is 6.69. The van der Waals surface area contributed by atoms with E-state index in [1.807, 2.05) is 0 Å². The van der Waals surface area contributed by atoms with Crippen molar-refractivity contribution in [2.75, 3.05) is 39.6 Å². The molecule has 0 radical (unpaired) electrons. The Hall–Kier alpha value is 1.44. The predicted molar refractivity (Wildman–Crippen MR) is 77.7 cm³/mol. The Labute approximate surface area is 134 Å². The van der Waals surface area contributed by atoms with Gasteiger partial charge in [0.1, 0.15) is 0 Å². The minimum atomic E-state index is -1.94. The normalized spacial score (nSPS) is 20.8. The van der Waals surface area contributed by atoms with Crippen molar-refractivity contribution in [3.05, 3.63) is 0 Å². The molecule has 0 saturated carbocycles. The van der Waals surface area contributed by atoms with Crippen LogP contribution < -0.4 is 0 Å². The Balaban J connectivity index is 0.000000229. The molecule has 3 aliphatic rings. The van der Waals surface area contributed by atoms with Gasteiger partial charge in [0.05, 0.1) is 0 Å². The van der Waals surface area contributed by atoms with Gasteiger partial charge in [-0.25, -0.2) is 0 Å². The molecule has 3 aliphatic heterocycles. The van der Waals surface area contributed by atoms with E-state index in [0.29, 0.717) is 0 Å². The van der Waals surface area contributed by atoms with Crippen molar-refractivity contribution in [2.24, 2.45) is 0 Å². The van der Waals surface area contributed by atoms with Crippen LogP contribution in [0.3, 0.4) is 0 Å². The van der Waals surface area contributed by atoms with Gasteiger partial charge in [-0.1, -0.05) is 0 Å². The molecule has 0 unspecified atom stereocenters. The molecule has 3 rings (SSSR count). The van der Waals surface area contributed by atoms with E-state index < -0.39 is 14.2 Å². The predicted octanol–water partition coefficient (Wildman–Crippen LogP) is 4.46. The first-order chi connectivity index (χ1) is 9.23. The van der Waals surface area contributed by atoms with Gasteiger partial charge >= 0.3 is 42.4 Å². The first kappa shape index (κ1) is 20.4.